The lowest BCUT2D eigenvalue weighted by Gasteiger charge is -2.13. The third-order valence-electron chi connectivity index (χ3n) is 4.18. The van der Waals surface area contributed by atoms with Gasteiger partial charge in [-0.2, -0.15) is 10.4 Å². The van der Waals surface area contributed by atoms with Crippen LogP contribution in [0, 0.1) is 11.3 Å². The van der Waals surface area contributed by atoms with Gasteiger partial charge in [0.05, 0.1) is 29.4 Å². The van der Waals surface area contributed by atoms with E-state index in [0.717, 1.165) is 5.56 Å². The van der Waals surface area contributed by atoms with E-state index in [1.807, 2.05) is 12.1 Å². The summed E-state index contributed by atoms with van der Waals surface area (Å²) in [5.74, 6) is 0.671. The summed E-state index contributed by atoms with van der Waals surface area (Å²) >= 11 is 9.39. The summed E-state index contributed by atoms with van der Waals surface area (Å²) in [6.45, 7) is 0.309. The van der Waals surface area contributed by atoms with Crippen molar-refractivity contribution in [3.05, 3.63) is 92.4 Å². The molecule has 3 rings (SSSR count). The fourth-order valence-electron chi connectivity index (χ4n) is 2.65. The summed E-state index contributed by atoms with van der Waals surface area (Å²) in [5, 5.41) is 13.4. The van der Waals surface area contributed by atoms with Crippen LogP contribution in [0.1, 0.15) is 27.0 Å². The van der Waals surface area contributed by atoms with Gasteiger partial charge in [-0.05, 0) is 69.5 Å². The van der Waals surface area contributed by atoms with E-state index >= 15 is 0 Å². The fourth-order valence-corrected chi connectivity index (χ4v) is 3.41. The second kappa shape index (κ2) is 10.6. The second-order valence-corrected chi connectivity index (χ2v) is 7.63. The van der Waals surface area contributed by atoms with Gasteiger partial charge in [-0.25, -0.2) is 5.43 Å². The lowest BCUT2D eigenvalue weighted by atomic mass is 10.1. The minimum Gasteiger partial charge on any atom is -0.493 e. The van der Waals surface area contributed by atoms with Crippen LogP contribution >= 0.6 is 27.5 Å². The molecule has 0 heterocycles. The van der Waals surface area contributed by atoms with Crippen LogP contribution < -0.4 is 14.9 Å². The smallest absolute Gasteiger partial charge is 0.271 e. The zero-order valence-electron chi connectivity index (χ0n) is 16.4. The molecule has 1 amide bonds. The number of benzene rings is 3. The molecule has 0 atom stereocenters. The summed E-state index contributed by atoms with van der Waals surface area (Å²) in [7, 11) is 1.54. The first-order valence-corrected chi connectivity index (χ1v) is 10.3. The van der Waals surface area contributed by atoms with Crippen LogP contribution in [0.25, 0.3) is 0 Å². The van der Waals surface area contributed by atoms with E-state index in [1.54, 1.807) is 48.5 Å². The molecule has 0 saturated heterocycles. The van der Waals surface area contributed by atoms with Crippen molar-refractivity contribution in [2.24, 2.45) is 5.10 Å². The number of ether oxygens (including phenoxy) is 2. The highest BCUT2D eigenvalue weighted by Crippen LogP contribution is 2.36. The molecular weight excluding hydrogens is 482 g/mol. The first-order chi connectivity index (χ1) is 15.0. The number of carbonyl (C=O) groups is 1. The molecule has 3 aromatic carbocycles. The number of amides is 1. The topological polar surface area (TPSA) is 83.7 Å². The molecule has 31 heavy (non-hydrogen) atoms. The van der Waals surface area contributed by atoms with Crippen molar-refractivity contribution in [2.75, 3.05) is 7.11 Å². The van der Waals surface area contributed by atoms with E-state index < -0.39 is 0 Å². The SMILES string of the molecule is COc1cc(/C=N/NC(=O)c2cccc(Cl)c2)cc(Br)c1OCc1ccc(C#N)cc1. The molecule has 6 nitrogen and oxygen atoms in total. The first kappa shape index (κ1) is 22.3. The summed E-state index contributed by atoms with van der Waals surface area (Å²) in [4.78, 5) is 12.1. The Hall–Kier alpha value is -3.34. The molecule has 0 aliphatic heterocycles. The fraction of sp³-hybridized carbons (Fsp3) is 0.0870. The average molecular weight is 499 g/mol. The minimum absolute atomic E-state index is 0.309. The summed E-state index contributed by atoms with van der Waals surface area (Å²) in [5.41, 5.74) is 5.08. The molecule has 0 unspecified atom stereocenters. The number of methoxy groups -OCH3 is 1. The summed E-state index contributed by atoms with van der Waals surface area (Å²) < 4.78 is 12.0. The van der Waals surface area contributed by atoms with Gasteiger partial charge < -0.3 is 9.47 Å². The average Bonchev–Trinajstić information content (AvgIpc) is 2.78. The predicted octanol–water partition coefficient (Wildman–Crippen LogP) is 5.33. The van der Waals surface area contributed by atoms with Crippen molar-refractivity contribution >= 4 is 39.7 Å². The van der Waals surface area contributed by atoms with Crippen molar-refractivity contribution in [3.8, 4) is 17.6 Å². The van der Waals surface area contributed by atoms with Crippen LogP contribution in [0.3, 0.4) is 0 Å². The summed E-state index contributed by atoms with van der Waals surface area (Å²) in [6.07, 6.45) is 1.50. The molecule has 0 aliphatic rings. The number of hydrogen-bond acceptors (Lipinski definition) is 5. The number of nitrogens with zero attached hydrogens (tertiary/aromatic N) is 2. The lowest BCUT2D eigenvalue weighted by Crippen LogP contribution is -2.17. The number of hydrogen-bond donors (Lipinski definition) is 1. The highest BCUT2D eigenvalue weighted by Gasteiger charge is 2.12. The van der Waals surface area contributed by atoms with Crippen LogP contribution in [0.2, 0.25) is 5.02 Å². The predicted molar refractivity (Wildman–Crippen MR) is 123 cm³/mol. The van der Waals surface area contributed by atoms with Gasteiger partial charge in [-0.1, -0.05) is 29.8 Å². The lowest BCUT2D eigenvalue weighted by molar-refractivity contribution is 0.0955. The third-order valence-corrected chi connectivity index (χ3v) is 5.01. The molecule has 0 spiro atoms. The summed E-state index contributed by atoms with van der Waals surface area (Å²) in [6, 6.07) is 19.4. The van der Waals surface area contributed by atoms with Gasteiger partial charge in [0, 0.05) is 10.6 Å². The molecule has 0 fully saturated rings. The van der Waals surface area contributed by atoms with E-state index in [9.17, 15) is 4.79 Å². The van der Waals surface area contributed by atoms with Crippen molar-refractivity contribution in [1.82, 2.24) is 5.43 Å². The van der Waals surface area contributed by atoms with Crippen LogP contribution in [-0.2, 0) is 6.61 Å². The van der Waals surface area contributed by atoms with Gasteiger partial charge in [-0.15, -0.1) is 0 Å². The zero-order chi connectivity index (χ0) is 22.2. The van der Waals surface area contributed by atoms with Crippen molar-refractivity contribution in [1.29, 1.82) is 5.26 Å². The van der Waals surface area contributed by atoms with E-state index in [4.69, 9.17) is 26.3 Å². The first-order valence-electron chi connectivity index (χ1n) is 9.08. The van der Waals surface area contributed by atoms with Gasteiger partial charge >= 0.3 is 0 Å². The van der Waals surface area contributed by atoms with Gasteiger partial charge in [0.2, 0.25) is 0 Å². The standard InChI is InChI=1S/C23H17BrClN3O3/c1-30-21-10-17(13-27-28-23(29)18-3-2-4-19(25)11-18)9-20(24)22(21)31-14-16-7-5-15(12-26)6-8-16/h2-11,13H,14H2,1H3,(H,28,29)/b27-13+. The Bertz CT molecular complexity index is 1160. The Morgan fingerprint density at radius 1 is 1.23 bits per heavy atom. The molecule has 3 aromatic rings. The monoisotopic (exact) mass is 497 g/mol. The van der Waals surface area contributed by atoms with E-state index in [1.165, 1.54) is 13.3 Å². The Balaban J connectivity index is 1.68. The Labute approximate surface area is 193 Å². The maximum Gasteiger partial charge on any atom is 0.271 e. The van der Waals surface area contributed by atoms with Crippen LogP contribution in [0.5, 0.6) is 11.5 Å². The van der Waals surface area contributed by atoms with Gasteiger partial charge in [0.25, 0.3) is 5.91 Å². The highest BCUT2D eigenvalue weighted by molar-refractivity contribution is 9.10. The van der Waals surface area contributed by atoms with Crippen LogP contribution in [-0.4, -0.2) is 19.2 Å². The van der Waals surface area contributed by atoms with Gasteiger partial charge in [0.15, 0.2) is 11.5 Å². The van der Waals surface area contributed by atoms with Crippen molar-refractivity contribution < 1.29 is 14.3 Å². The molecule has 156 valence electrons. The number of rotatable bonds is 7. The Kier molecular flexibility index (Phi) is 7.65. The number of carbonyl (C=O) groups excluding carboxylic acids is 1. The van der Waals surface area contributed by atoms with Gasteiger partial charge in [0.1, 0.15) is 6.61 Å². The van der Waals surface area contributed by atoms with Crippen LogP contribution in [0.15, 0.2) is 70.2 Å². The quantitative estimate of drug-likeness (QED) is 0.353. The molecule has 0 saturated carbocycles. The van der Waals surface area contributed by atoms with Crippen LogP contribution in [0.4, 0.5) is 0 Å². The molecule has 0 aromatic heterocycles. The third kappa shape index (κ3) is 6.07. The Morgan fingerprint density at radius 2 is 2.00 bits per heavy atom. The molecule has 0 bridgehead atoms. The Morgan fingerprint density at radius 3 is 2.68 bits per heavy atom. The van der Waals surface area contributed by atoms with Crippen molar-refractivity contribution in [3.63, 3.8) is 0 Å². The van der Waals surface area contributed by atoms with Gasteiger partial charge in [-0.3, -0.25) is 4.79 Å². The molecule has 0 aliphatic carbocycles. The maximum atomic E-state index is 12.1. The minimum atomic E-state index is -0.368. The number of nitrogens with one attached hydrogen (secondary N) is 1. The second-order valence-electron chi connectivity index (χ2n) is 6.34. The molecule has 1 N–H and O–H groups in total. The zero-order valence-corrected chi connectivity index (χ0v) is 18.8. The largest absolute Gasteiger partial charge is 0.493 e. The van der Waals surface area contributed by atoms with Crippen molar-refractivity contribution in [2.45, 2.75) is 6.61 Å². The molecule has 8 heteroatoms. The normalized spacial score (nSPS) is 10.5. The van der Waals surface area contributed by atoms with E-state index in [0.29, 0.717) is 44.3 Å². The van der Waals surface area contributed by atoms with E-state index in [-0.39, 0.29) is 5.91 Å². The molecule has 0 radical (unpaired) electrons. The number of hydrazone groups is 1. The number of nitriles is 1. The van der Waals surface area contributed by atoms with E-state index in [2.05, 4.69) is 32.5 Å². The number of halogens is 2. The molecular formula is C23H17BrClN3O3. The maximum absolute atomic E-state index is 12.1. The highest BCUT2D eigenvalue weighted by atomic mass is 79.9.